The molecule has 1 saturated carbocycles. The summed E-state index contributed by atoms with van der Waals surface area (Å²) in [7, 11) is 0. The maximum atomic E-state index is 9.41. The Morgan fingerprint density at radius 1 is 1.21 bits per heavy atom. The largest absolute Gasteiger partial charge is 0.506 e. The minimum absolute atomic E-state index is 0.244. The third-order valence-corrected chi connectivity index (χ3v) is 3.54. The van der Waals surface area contributed by atoms with E-state index in [-0.39, 0.29) is 5.75 Å². The molecule has 3 rings (SSSR count). The van der Waals surface area contributed by atoms with Crippen LogP contribution < -0.4 is 0 Å². The van der Waals surface area contributed by atoms with Crippen molar-refractivity contribution in [3.05, 3.63) is 59.9 Å². The number of ether oxygens (including phenoxy) is 1. The minimum Gasteiger partial charge on any atom is -0.506 e. The van der Waals surface area contributed by atoms with E-state index < -0.39 is 0 Å². The molecular formula is C16H17NO2. The normalized spacial score (nSPS) is 21.3. The van der Waals surface area contributed by atoms with Gasteiger partial charge in [0.05, 0.1) is 19.4 Å². The molecule has 0 saturated heterocycles. The number of benzene rings is 1. The van der Waals surface area contributed by atoms with Gasteiger partial charge in [-0.1, -0.05) is 30.3 Å². The summed E-state index contributed by atoms with van der Waals surface area (Å²) in [5.74, 6) is 1.30. The summed E-state index contributed by atoms with van der Waals surface area (Å²) in [6.45, 7) is 1.44. The molecule has 2 aromatic rings. The summed E-state index contributed by atoms with van der Waals surface area (Å²) >= 11 is 0. The Morgan fingerprint density at radius 2 is 2.05 bits per heavy atom. The van der Waals surface area contributed by atoms with Crippen molar-refractivity contribution < 1.29 is 9.84 Å². The monoisotopic (exact) mass is 255 g/mol. The number of hydrogen-bond acceptors (Lipinski definition) is 3. The highest BCUT2D eigenvalue weighted by Crippen LogP contribution is 2.47. The van der Waals surface area contributed by atoms with Crippen LogP contribution in [0, 0.1) is 5.92 Å². The van der Waals surface area contributed by atoms with E-state index in [1.165, 1.54) is 11.8 Å². The number of aromatic nitrogens is 1. The fourth-order valence-electron chi connectivity index (χ4n) is 2.39. The number of aromatic hydroxyl groups is 1. The lowest BCUT2D eigenvalue weighted by Crippen LogP contribution is -1.98. The topological polar surface area (TPSA) is 42.4 Å². The van der Waals surface area contributed by atoms with Crippen LogP contribution in [0.1, 0.15) is 23.5 Å². The molecule has 19 heavy (non-hydrogen) atoms. The molecule has 0 spiro atoms. The highest BCUT2D eigenvalue weighted by atomic mass is 16.5. The molecule has 0 bridgehead atoms. The SMILES string of the molecule is Oc1cncc([C@H]2C[C@@H]2COCc2ccccc2)c1. The summed E-state index contributed by atoms with van der Waals surface area (Å²) in [4.78, 5) is 4.02. The maximum Gasteiger partial charge on any atom is 0.134 e. The lowest BCUT2D eigenvalue weighted by atomic mass is 10.1. The molecule has 1 heterocycles. The number of hydrogen-bond donors (Lipinski definition) is 1. The van der Waals surface area contributed by atoms with Crippen molar-refractivity contribution in [2.75, 3.05) is 6.61 Å². The molecule has 1 N–H and O–H groups in total. The third-order valence-electron chi connectivity index (χ3n) is 3.54. The zero-order chi connectivity index (χ0) is 13.1. The molecular weight excluding hydrogens is 238 g/mol. The van der Waals surface area contributed by atoms with E-state index in [1.54, 1.807) is 6.07 Å². The standard InChI is InChI=1S/C16H17NO2/c18-15-6-13(8-17-9-15)16-7-14(16)11-19-10-12-4-2-1-3-5-12/h1-6,8-9,14,16,18H,7,10-11H2/t14-,16-/m1/s1. The second kappa shape index (κ2) is 5.41. The summed E-state index contributed by atoms with van der Waals surface area (Å²) in [5.41, 5.74) is 2.33. The first-order chi connectivity index (χ1) is 9.33. The first-order valence-electron chi connectivity index (χ1n) is 6.58. The van der Waals surface area contributed by atoms with Crippen molar-refractivity contribution in [3.8, 4) is 5.75 Å². The van der Waals surface area contributed by atoms with Crippen LogP contribution in [0.25, 0.3) is 0 Å². The molecule has 0 aliphatic heterocycles. The van der Waals surface area contributed by atoms with E-state index in [4.69, 9.17) is 4.74 Å². The van der Waals surface area contributed by atoms with Crippen LogP contribution in [0.4, 0.5) is 0 Å². The predicted molar refractivity (Wildman–Crippen MR) is 72.8 cm³/mol. The second-order valence-electron chi connectivity index (χ2n) is 5.08. The fourth-order valence-corrected chi connectivity index (χ4v) is 2.39. The fraction of sp³-hybridized carbons (Fsp3) is 0.312. The minimum atomic E-state index is 0.244. The molecule has 1 aromatic heterocycles. The van der Waals surface area contributed by atoms with Crippen molar-refractivity contribution in [2.45, 2.75) is 18.9 Å². The van der Waals surface area contributed by atoms with Gasteiger partial charge in [0.1, 0.15) is 5.75 Å². The van der Waals surface area contributed by atoms with Gasteiger partial charge in [-0.3, -0.25) is 4.98 Å². The number of nitrogens with zero attached hydrogens (tertiary/aromatic N) is 1. The molecule has 3 nitrogen and oxygen atoms in total. The molecule has 0 radical (unpaired) electrons. The zero-order valence-electron chi connectivity index (χ0n) is 10.7. The Hall–Kier alpha value is -1.87. The quantitative estimate of drug-likeness (QED) is 0.892. The molecule has 1 aliphatic rings. The summed E-state index contributed by atoms with van der Waals surface area (Å²) < 4.78 is 5.74. The van der Waals surface area contributed by atoms with E-state index in [1.807, 2.05) is 24.4 Å². The van der Waals surface area contributed by atoms with Gasteiger partial charge in [0, 0.05) is 6.20 Å². The van der Waals surface area contributed by atoms with Gasteiger partial charge in [0.2, 0.25) is 0 Å². The highest BCUT2D eigenvalue weighted by molar-refractivity contribution is 5.29. The number of pyridine rings is 1. The Kier molecular flexibility index (Phi) is 3.47. The summed E-state index contributed by atoms with van der Waals surface area (Å²) in [6.07, 6.45) is 4.42. The molecule has 1 fully saturated rings. The second-order valence-corrected chi connectivity index (χ2v) is 5.08. The van der Waals surface area contributed by atoms with Gasteiger partial charge < -0.3 is 9.84 Å². The third kappa shape index (κ3) is 3.12. The predicted octanol–water partition coefficient (Wildman–Crippen LogP) is 3.11. The van der Waals surface area contributed by atoms with Crippen LogP contribution in [0.2, 0.25) is 0 Å². The zero-order valence-corrected chi connectivity index (χ0v) is 10.7. The van der Waals surface area contributed by atoms with Gasteiger partial charge in [0.15, 0.2) is 0 Å². The van der Waals surface area contributed by atoms with Crippen LogP contribution in [0.3, 0.4) is 0 Å². The van der Waals surface area contributed by atoms with Crippen LogP contribution in [0.15, 0.2) is 48.8 Å². The van der Waals surface area contributed by atoms with E-state index in [0.29, 0.717) is 18.4 Å². The summed E-state index contributed by atoms with van der Waals surface area (Å²) in [6, 6.07) is 12.0. The van der Waals surface area contributed by atoms with Crippen LogP contribution >= 0.6 is 0 Å². The van der Waals surface area contributed by atoms with Crippen LogP contribution in [-0.4, -0.2) is 16.7 Å². The lowest BCUT2D eigenvalue weighted by molar-refractivity contribution is 0.110. The van der Waals surface area contributed by atoms with E-state index >= 15 is 0 Å². The molecule has 0 amide bonds. The average molecular weight is 255 g/mol. The maximum absolute atomic E-state index is 9.41. The van der Waals surface area contributed by atoms with Crippen LogP contribution in [0.5, 0.6) is 5.75 Å². The highest BCUT2D eigenvalue weighted by Gasteiger charge is 2.38. The summed E-state index contributed by atoms with van der Waals surface area (Å²) in [5, 5.41) is 9.41. The van der Waals surface area contributed by atoms with Gasteiger partial charge in [0.25, 0.3) is 0 Å². The van der Waals surface area contributed by atoms with Crippen molar-refractivity contribution >= 4 is 0 Å². The van der Waals surface area contributed by atoms with E-state index in [9.17, 15) is 5.11 Å². The van der Waals surface area contributed by atoms with Crippen molar-refractivity contribution in [2.24, 2.45) is 5.92 Å². The average Bonchev–Trinajstić information content (AvgIpc) is 3.20. The Morgan fingerprint density at radius 3 is 2.84 bits per heavy atom. The molecule has 1 aromatic carbocycles. The first-order valence-corrected chi connectivity index (χ1v) is 6.58. The van der Waals surface area contributed by atoms with Crippen molar-refractivity contribution in [3.63, 3.8) is 0 Å². The molecule has 3 heteroatoms. The Balaban J connectivity index is 1.46. The van der Waals surface area contributed by atoms with Gasteiger partial charge >= 0.3 is 0 Å². The number of rotatable bonds is 5. The smallest absolute Gasteiger partial charge is 0.134 e. The van der Waals surface area contributed by atoms with Gasteiger partial charge in [-0.15, -0.1) is 0 Å². The molecule has 0 unspecified atom stereocenters. The molecule has 2 atom stereocenters. The molecule has 98 valence electrons. The van der Waals surface area contributed by atoms with Crippen LogP contribution in [-0.2, 0) is 11.3 Å². The van der Waals surface area contributed by atoms with Gasteiger partial charge in [-0.05, 0) is 35.4 Å². The van der Waals surface area contributed by atoms with Gasteiger partial charge in [-0.2, -0.15) is 0 Å². The van der Waals surface area contributed by atoms with Gasteiger partial charge in [-0.25, -0.2) is 0 Å². The Labute approximate surface area is 112 Å². The first kappa shape index (κ1) is 12.2. The van der Waals surface area contributed by atoms with E-state index in [0.717, 1.165) is 18.6 Å². The van der Waals surface area contributed by atoms with Crippen molar-refractivity contribution in [1.82, 2.24) is 4.98 Å². The van der Waals surface area contributed by atoms with E-state index in [2.05, 4.69) is 17.1 Å². The lowest BCUT2D eigenvalue weighted by Gasteiger charge is -2.04. The Bertz CT molecular complexity index is 541. The molecule has 1 aliphatic carbocycles. The van der Waals surface area contributed by atoms with Crippen molar-refractivity contribution in [1.29, 1.82) is 0 Å².